The van der Waals surface area contributed by atoms with Gasteiger partial charge in [-0.15, -0.1) is 0 Å². The van der Waals surface area contributed by atoms with E-state index in [0.29, 0.717) is 6.54 Å². The van der Waals surface area contributed by atoms with Crippen LogP contribution in [0.15, 0.2) is 24.3 Å². The summed E-state index contributed by atoms with van der Waals surface area (Å²) in [5.74, 6) is 0. The Morgan fingerprint density at radius 1 is 1.18 bits per heavy atom. The van der Waals surface area contributed by atoms with Gasteiger partial charge in [0.2, 0.25) is 0 Å². The number of aliphatic hydroxyl groups is 2. The van der Waals surface area contributed by atoms with Gasteiger partial charge in [-0.25, -0.2) is 0 Å². The Labute approximate surface area is 103 Å². The van der Waals surface area contributed by atoms with Gasteiger partial charge in [-0.1, -0.05) is 36.8 Å². The van der Waals surface area contributed by atoms with Crippen LogP contribution in [-0.2, 0) is 0 Å². The largest absolute Gasteiger partial charge is 0.396 e. The molecule has 0 heterocycles. The Hall–Kier alpha value is -0.900. The maximum Gasteiger partial charge on any atom is 0.0519 e. The first-order valence-corrected chi connectivity index (χ1v) is 6.02. The Bertz CT molecular complexity index is 331. The molecular formula is C14H23NO2. The van der Waals surface area contributed by atoms with Crippen LogP contribution in [-0.4, -0.2) is 30.0 Å². The van der Waals surface area contributed by atoms with E-state index < -0.39 is 5.41 Å². The molecule has 3 heteroatoms. The third-order valence-corrected chi connectivity index (χ3v) is 3.18. The fourth-order valence-electron chi connectivity index (χ4n) is 1.53. The van der Waals surface area contributed by atoms with E-state index in [1.807, 2.05) is 6.92 Å². The summed E-state index contributed by atoms with van der Waals surface area (Å²) in [4.78, 5) is 0. The summed E-state index contributed by atoms with van der Waals surface area (Å²) in [6, 6.07) is 8.59. The molecule has 3 N–H and O–H groups in total. The highest BCUT2D eigenvalue weighted by Crippen LogP contribution is 2.17. The second-order valence-electron chi connectivity index (χ2n) is 5.14. The van der Waals surface area contributed by atoms with Gasteiger partial charge in [-0.05, 0) is 19.4 Å². The molecule has 0 radical (unpaired) electrons. The molecule has 0 aromatic heterocycles. The highest BCUT2D eigenvalue weighted by Gasteiger charge is 2.22. The van der Waals surface area contributed by atoms with Crippen molar-refractivity contribution in [2.24, 2.45) is 5.41 Å². The van der Waals surface area contributed by atoms with Crippen molar-refractivity contribution in [3.8, 4) is 0 Å². The molecule has 96 valence electrons. The maximum atomic E-state index is 9.21. The Morgan fingerprint density at radius 3 is 2.18 bits per heavy atom. The standard InChI is InChI=1S/C14H23NO2/c1-11-4-6-13(7-5-11)12(2)15-8-14(3,9-16)10-17/h4-7,12,15-17H,8-10H2,1-3H3/t12-/m0/s1. The van der Waals surface area contributed by atoms with Gasteiger partial charge in [0.25, 0.3) is 0 Å². The highest BCUT2D eigenvalue weighted by molar-refractivity contribution is 5.23. The van der Waals surface area contributed by atoms with Crippen LogP contribution < -0.4 is 5.32 Å². The lowest BCUT2D eigenvalue weighted by atomic mass is 9.92. The quantitative estimate of drug-likeness (QED) is 0.705. The van der Waals surface area contributed by atoms with E-state index in [1.54, 1.807) is 0 Å². The maximum absolute atomic E-state index is 9.21. The molecule has 17 heavy (non-hydrogen) atoms. The predicted molar refractivity (Wildman–Crippen MR) is 69.9 cm³/mol. The van der Waals surface area contributed by atoms with Gasteiger partial charge in [-0.2, -0.15) is 0 Å². The van der Waals surface area contributed by atoms with Gasteiger partial charge in [0.05, 0.1) is 13.2 Å². The van der Waals surface area contributed by atoms with E-state index in [9.17, 15) is 10.2 Å². The zero-order valence-corrected chi connectivity index (χ0v) is 10.9. The van der Waals surface area contributed by atoms with E-state index in [0.717, 1.165) is 0 Å². The smallest absolute Gasteiger partial charge is 0.0519 e. The van der Waals surface area contributed by atoms with Crippen molar-refractivity contribution in [2.45, 2.75) is 26.8 Å². The minimum absolute atomic E-state index is 0.0167. The van der Waals surface area contributed by atoms with Crippen LogP contribution in [0.4, 0.5) is 0 Å². The molecule has 0 unspecified atom stereocenters. The Kier molecular flexibility index (Phi) is 5.12. The molecule has 1 aromatic carbocycles. The monoisotopic (exact) mass is 237 g/mol. The Morgan fingerprint density at radius 2 is 1.71 bits per heavy atom. The molecule has 0 saturated carbocycles. The van der Waals surface area contributed by atoms with Crippen LogP contribution in [0.5, 0.6) is 0 Å². The van der Waals surface area contributed by atoms with Gasteiger partial charge in [0.15, 0.2) is 0 Å². The lowest BCUT2D eigenvalue weighted by Gasteiger charge is -2.27. The third-order valence-electron chi connectivity index (χ3n) is 3.18. The predicted octanol–water partition coefficient (Wildman–Crippen LogP) is 1.64. The van der Waals surface area contributed by atoms with Gasteiger partial charge >= 0.3 is 0 Å². The highest BCUT2D eigenvalue weighted by atomic mass is 16.3. The molecule has 0 saturated heterocycles. The molecule has 0 aliphatic rings. The van der Waals surface area contributed by atoms with E-state index in [4.69, 9.17) is 0 Å². The number of benzene rings is 1. The van der Waals surface area contributed by atoms with Crippen LogP contribution >= 0.6 is 0 Å². The van der Waals surface area contributed by atoms with Crippen molar-refractivity contribution in [1.82, 2.24) is 5.32 Å². The molecule has 0 amide bonds. The van der Waals surface area contributed by atoms with Gasteiger partial charge in [0, 0.05) is 18.0 Å². The lowest BCUT2D eigenvalue weighted by Crippen LogP contribution is -2.38. The summed E-state index contributed by atoms with van der Waals surface area (Å²) < 4.78 is 0. The van der Waals surface area contributed by atoms with Crippen LogP contribution in [0.25, 0.3) is 0 Å². The number of hydrogen-bond acceptors (Lipinski definition) is 3. The van der Waals surface area contributed by atoms with Crippen LogP contribution in [0, 0.1) is 12.3 Å². The van der Waals surface area contributed by atoms with Crippen LogP contribution in [0.1, 0.15) is 31.0 Å². The summed E-state index contributed by atoms with van der Waals surface area (Å²) in [5.41, 5.74) is 2.00. The van der Waals surface area contributed by atoms with Crippen molar-refractivity contribution in [3.63, 3.8) is 0 Å². The normalized spacial score (nSPS) is 13.7. The second kappa shape index (κ2) is 6.15. The zero-order chi connectivity index (χ0) is 12.9. The van der Waals surface area contributed by atoms with Gasteiger partial charge in [-0.3, -0.25) is 0 Å². The van der Waals surface area contributed by atoms with Crippen molar-refractivity contribution in [3.05, 3.63) is 35.4 Å². The molecule has 0 spiro atoms. The summed E-state index contributed by atoms with van der Waals surface area (Å²) in [6.45, 7) is 6.57. The van der Waals surface area contributed by atoms with E-state index in [2.05, 4.69) is 43.4 Å². The number of hydrogen-bond donors (Lipinski definition) is 3. The SMILES string of the molecule is Cc1ccc([C@H](C)NCC(C)(CO)CO)cc1. The van der Waals surface area contributed by atoms with E-state index >= 15 is 0 Å². The van der Waals surface area contributed by atoms with Crippen molar-refractivity contribution >= 4 is 0 Å². The molecule has 1 atom stereocenters. The minimum Gasteiger partial charge on any atom is -0.396 e. The van der Waals surface area contributed by atoms with E-state index in [1.165, 1.54) is 11.1 Å². The first-order chi connectivity index (χ1) is 8.00. The van der Waals surface area contributed by atoms with Crippen LogP contribution in [0.2, 0.25) is 0 Å². The number of rotatable bonds is 6. The molecule has 0 fully saturated rings. The molecule has 0 bridgehead atoms. The van der Waals surface area contributed by atoms with Crippen molar-refractivity contribution < 1.29 is 10.2 Å². The van der Waals surface area contributed by atoms with Gasteiger partial charge in [0.1, 0.15) is 0 Å². The molecular weight excluding hydrogens is 214 g/mol. The molecule has 3 nitrogen and oxygen atoms in total. The molecule has 0 aliphatic heterocycles. The van der Waals surface area contributed by atoms with Crippen molar-refractivity contribution in [1.29, 1.82) is 0 Å². The second-order valence-corrected chi connectivity index (χ2v) is 5.14. The fraction of sp³-hybridized carbons (Fsp3) is 0.571. The Balaban J connectivity index is 2.55. The lowest BCUT2D eigenvalue weighted by molar-refractivity contribution is 0.0677. The van der Waals surface area contributed by atoms with Gasteiger partial charge < -0.3 is 15.5 Å². The minimum atomic E-state index is -0.459. The van der Waals surface area contributed by atoms with E-state index in [-0.39, 0.29) is 19.3 Å². The summed E-state index contributed by atoms with van der Waals surface area (Å²) in [5, 5.41) is 21.8. The summed E-state index contributed by atoms with van der Waals surface area (Å²) in [6.07, 6.45) is 0. The molecule has 1 rings (SSSR count). The van der Waals surface area contributed by atoms with Crippen molar-refractivity contribution in [2.75, 3.05) is 19.8 Å². The number of aliphatic hydroxyl groups excluding tert-OH is 2. The summed E-state index contributed by atoms with van der Waals surface area (Å²) in [7, 11) is 0. The fourth-order valence-corrected chi connectivity index (χ4v) is 1.53. The first-order valence-electron chi connectivity index (χ1n) is 6.02. The van der Waals surface area contributed by atoms with Crippen LogP contribution in [0.3, 0.4) is 0 Å². The summed E-state index contributed by atoms with van der Waals surface area (Å²) >= 11 is 0. The topological polar surface area (TPSA) is 52.5 Å². The molecule has 0 aliphatic carbocycles. The molecule has 1 aromatic rings. The number of nitrogens with one attached hydrogen (secondary N) is 1. The number of aryl methyl sites for hydroxylation is 1. The zero-order valence-electron chi connectivity index (χ0n) is 10.9. The average Bonchev–Trinajstić information content (AvgIpc) is 2.36. The first kappa shape index (κ1) is 14.2. The third kappa shape index (κ3) is 4.11. The average molecular weight is 237 g/mol.